The van der Waals surface area contributed by atoms with E-state index in [4.69, 9.17) is 19.9 Å². The zero-order chi connectivity index (χ0) is 14.4. The van der Waals surface area contributed by atoms with Crippen molar-refractivity contribution in [3.05, 3.63) is 17.7 Å². The van der Waals surface area contributed by atoms with Crippen molar-refractivity contribution in [2.24, 2.45) is 5.73 Å². The molecule has 4 nitrogen and oxygen atoms in total. The molecule has 0 fully saturated rings. The van der Waals surface area contributed by atoms with Crippen molar-refractivity contribution in [1.29, 1.82) is 0 Å². The molecule has 116 valence electrons. The second-order valence-corrected chi connectivity index (χ2v) is 4.85. The highest BCUT2D eigenvalue weighted by atomic mass is 35.5. The molecule has 2 N–H and O–H groups in total. The molecule has 1 unspecified atom stereocenters. The fourth-order valence-corrected chi connectivity index (χ4v) is 1.87. The van der Waals surface area contributed by atoms with E-state index in [2.05, 4.69) is 6.92 Å². The van der Waals surface area contributed by atoms with Crippen molar-refractivity contribution in [2.45, 2.75) is 45.8 Å². The smallest absolute Gasteiger partial charge is 0.165 e. The lowest BCUT2D eigenvalue weighted by Crippen LogP contribution is -2.21. The van der Waals surface area contributed by atoms with Crippen molar-refractivity contribution >= 4 is 12.4 Å². The van der Waals surface area contributed by atoms with Crippen LogP contribution in [0.25, 0.3) is 0 Å². The van der Waals surface area contributed by atoms with Gasteiger partial charge in [0, 0.05) is 12.1 Å². The van der Waals surface area contributed by atoms with Crippen molar-refractivity contribution in [3.63, 3.8) is 0 Å². The van der Waals surface area contributed by atoms with Crippen LogP contribution in [-0.2, 0) is 6.42 Å². The first kappa shape index (κ1) is 18.9. The van der Waals surface area contributed by atoms with Gasteiger partial charge in [-0.25, -0.2) is 0 Å². The first-order valence-corrected chi connectivity index (χ1v) is 6.68. The normalized spacial score (nSPS) is 11.8. The Morgan fingerprint density at radius 1 is 1.05 bits per heavy atom. The second kappa shape index (κ2) is 8.93. The maximum absolute atomic E-state index is 6.01. The van der Waals surface area contributed by atoms with E-state index in [0.29, 0.717) is 11.5 Å². The predicted molar refractivity (Wildman–Crippen MR) is 84.5 cm³/mol. The average molecular weight is 304 g/mol. The Morgan fingerprint density at radius 3 is 2.10 bits per heavy atom. The zero-order valence-corrected chi connectivity index (χ0v) is 13.8. The third-order valence-electron chi connectivity index (χ3n) is 2.94. The Morgan fingerprint density at radius 2 is 1.65 bits per heavy atom. The molecule has 20 heavy (non-hydrogen) atoms. The number of hydrogen-bond acceptors (Lipinski definition) is 4. The fraction of sp³-hybridized carbons (Fsp3) is 0.600. The van der Waals surface area contributed by atoms with E-state index in [1.807, 2.05) is 26.0 Å². The third-order valence-corrected chi connectivity index (χ3v) is 2.94. The quantitative estimate of drug-likeness (QED) is 0.840. The van der Waals surface area contributed by atoms with Crippen molar-refractivity contribution in [3.8, 4) is 17.2 Å². The lowest BCUT2D eigenvalue weighted by atomic mass is 10.0. The van der Waals surface area contributed by atoms with Gasteiger partial charge in [-0.15, -0.1) is 12.4 Å². The molecule has 0 bridgehead atoms. The number of ether oxygens (including phenoxy) is 3. The summed E-state index contributed by atoms with van der Waals surface area (Å²) in [6, 6.07) is 3.94. The highest BCUT2D eigenvalue weighted by molar-refractivity contribution is 5.85. The fourth-order valence-electron chi connectivity index (χ4n) is 1.87. The Bertz CT molecular complexity index is 410. The largest absolute Gasteiger partial charge is 0.496 e. The van der Waals surface area contributed by atoms with Crippen LogP contribution in [0.1, 0.15) is 32.8 Å². The Labute approximate surface area is 128 Å². The van der Waals surface area contributed by atoms with Gasteiger partial charge in [0.2, 0.25) is 0 Å². The molecule has 0 amide bonds. The van der Waals surface area contributed by atoms with Crippen LogP contribution in [0.5, 0.6) is 17.2 Å². The minimum absolute atomic E-state index is 0. The minimum Gasteiger partial charge on any atom is -0.496 e. The Kier molecular flexibility index (Phi) is 8.42. The predicted octanol–water partition coefficient (Wildman–Crippen LogP) is 3.19. The van der Waals surface area contributed by atoms with E-state index in [9.17, 15) is 0 Å². The topological polar surface area (TPSA) is 53.7 Å². The van der Waals surface area contributed by atoms with Crippen LogP contribution in [-0.4, -0.2) is 26.4 Å². The number of rotatable bonds is 7. The van der Waals surface area contributed by atoms with Crippen molar-refractivity contribution < 1.29 is 14.2 Å². The molecule has 1 atom stereocenters. The van der Waals surface area contributed by atoms with Gasteiger partial charge in [0.1, 0.15) is 5.75 Å². The molecular formula is C15H26ClNO3. The Balaban J connectivity index is 0.00000361. The number of hydrogen-bond donors (Lipinski definition) is 1. The second-order valence-electron chi connectivity index (χ2n) is 4.85. The van der Waals surface area contributed by atoms with Crippen LogP contribution in [0.15, 0.2) is 12.1 Å². The SMILES string of the molecule is CCC(N)Cc1cc(OC)c(OC(C)C)cc1OC.Cl. The van der Waals surface area contributed by atoms with Crippen LogP contribution in [0.3, 0.4) is 0 Å². The molecule has 0 aliphatic rings. The molecule has 0 aliphatic carbocycles. The minimum atomic E-state index is 0. The maximum Gasteiger partial charge on any atom is 0.165 e. The lowest BCUT2D eigenvalue weighted by molar-refractivity contribution is 0.228. The zero-order valence-electron chi connectivity index (χ0n) is 12.9. The van der Waals surface area contributed by atoms with Crippen LogP contribution in [0.2, 0.25) is 0 Å². The van der Waals surface area contributed by atoms with E-state index < -0.39 is 0 Å². The number of nitrogens with two attached hydrogens (primary N) is 1. The molecule has 0 radical (unpaired) electrons. The van der Waals surface area contributed by atoms with Gasteiger partial charge < -0.3 is 19.9 Å². The summed E-state index contributed by atoms with van der Waals surface area (Å²) in [7, 11) is 3.29. The van der Waals surface area contributed by atoms with E-state index in [1.165, 1.54) is 0 Å². The van der Waals surface area contributed by atoms with Gasteiger partial charge in [-0.3, -0.25) is 0 Å². The van der Waals surface area contributed by atoms with Crippen LogP contribution >= 0.6 is 12.4 Å². The van der Waals surface area contributed by atoms with Gasteiger partial charge in [-0.1, -0.05) is 6.92 Å². The molecule has 0 spiro atoms. The molecule has 1 rings (SSSR count). The van der Waals surface area contributed by atoms with Gasteiger partial charge in [-0.2, -0.15) is 0 Å². The first-order valence-electron chi connectivity index (χ1n) is 6.68. The molecule has 0 saturated carbocycles. The van der Waals surface area contributed by atoms with Crippen LogP contribution in [0.4, 0.5) is 0 Å². The summed E-state index contributed by atoms with van der Waals surface area (Å²) in [6.45, 7) is 6.03. The average Bonchev–Trinajstić information content (AvgIpc) is 2.38. The molecule has 1 aromatic rings. The van der Waals surface area contributed by atoms with Gasteiger partial charge in [-0.05, 0) is 38.3 Å². The first-order chi connectivity index (χ1) is 9.01. The summed E-state index contributed by atoms with van der Waals surface area (Å²) in [4.78, 5) is 0. The molecule has 0 saturated heterocycles. The van der Waals surface area contributed by atoms with E-state index >= 15 is 0 Å². The molecule has 0 heterocycles. The monoisotopic (exact) mass is 303 g/mol. The summed E-state index contributed by atoms with van der Waals surface area (Å²) < 4.78 is 16.5. The van der Waals surface area contributed by atoms with Crippen LogP contribution in [0, 0.1) is 0 Å². The van der Waals surface area contributed by atoms with Gasteiger partial charge >= 0.3 is 0 Å². The van der Waals surface area contributed by atoms with Gasteiger partial charge in [0.25, 0.3) is 0 Å². The van der Waals surface area contributed by atoms with Crippen molar-refractivity contribution in [2.75, 3.05) is 14.2 Å². The van der Waals surface area contributed by atoms with Crippen molar-refractivity contribution in [1.82, 2.24) is 0 Å². The molecule has 5 heteroatoms. The van der Waals surface area contributed by atoms with E-state index in [0.717, 1.165) is 24.2 Å². The summed E-state index contributed by atoms with van der Waals surface area (Å²) in [5, 5.41) is 0. The molecular weight excluding hydrogens is 278 g/mol. The summed E-state index contributed by atoms with van der Waals surface area (Å²) >= 11 is 0. The summed E-state index contributed by atoms with van der Waals surface area (Å²) in [6.07, 6.45) is 1.77. The lowest BCUT2D eigenvalue weighted by Gasteiger charge is -2.18. The molecule has 0 aromatic heterocycles. The molecule has 1 aromatic carbocycles. The Hall–Kier alpha value is -1.13. The van der Waals surface area contributed by atoms with Gasteiger partial charge in [0.15, 0.2) is 11.5 Å². The standard InChI is InChI=1S/C15H25NO3.ClH/c1-6-12(16)7-11-8-14(18-5)15(19-10(2)3)9-13(11)17-4;/h8-10,12H,6-7,16H2,1-5H3;1H. The highest BCUT2D eigenvalue weighted by Gasteiger charge is 2.15. The maximum atomic E-state index is 6.01. The van der Waals surface area contributed by atoms with Gasteiger partial charge in [0.05, 0.1) is 20.3 Å². The van der Waals surface area contributed by atoms with Crippen LogP contribution < -0.4 is 19.9 Å². The highest BCUT2D eigenvalue weighted by Crippen LogP contribution is 2.36. The number of benzene rings is 1. The number of methoxy groups -OCH3 is 2. The number of halogens is 1. The van der Waals surface area contributed by atoms with E-state index in [-0.39, 0.29) is 24.6 Å². The summed E-state index contributed by atoms with van der Waals surface area (Å²) in [5.41, 5.74) is 7.06. The third kappa shape index (κ3) is 5.10. The summed E-state index contributed by atoms with van der Waals surface area (Å²) in [5.74, 6) is 2.20. The molecule has 0 aliphatic heterocycles. The van der Waals surface area contributed by atoms with E-state index in [1.54, 1.807) is 14.2 Å².